The van der Waals surface area contributed by atoms with E-state index in [-0.39, 0.29) is 35.4 Å². The Labute approximate surface area is 281 Å². The summed E-state index contributed by atoms with van der Waals surface area (Å²) in [5, 5.41) is 9.43. The van der Waals surface area contributed by atoms with E-state index in [2.05, 4.69) is 46.6 Å². The summed E-state index contributed by atoms with van der Waals surface area (Å²) in [6.07, 6.45) is 1.05. The lowest BCUT2D eigenvalue weighted by Crippen LogP contribution is -2.47. The Hall–Kier alpha value is -3.63. The van der Waals surface area contributed by atoms with Crippen molar-refractivity contribution >= 4 is 52.4 Å². The molecule has 0 bridgehead atoms. The second-order valence-electron chi connectivity index (χ2n) is 11.6. The molecule has 0 spiro atoms. The summed E-state index contributed by atoms with van der Waals surface area (Å²) < 4.78 is 5.68. The maximum atomic E-state index is 13.4. The molecule has 1 fully saturated rings. The maximum absolute atomic E-state index is 13.4. The van der Waals surface area contributed by atoms with Crippen molar-refractivity contribution in [3.05, 3.63) is 93.0 Å². The molecule has 1 saturated heterocycles. The van der Waals surface area contributed by atoms with Crippen molar-refractivity contribution in [2.75, 3.05) is 64.1 Å². The van der Waals surface area contributed by atoms with E-state index in [0.29, 0.717) is 28.5 Å². The number of nitrogens with zero attached hydrogens (tertiary/aromatic N) is 2. The highest BCUT2D eigenvalue weighted by molar-refractivity contribution is 6.35. The zero-order chi connectivity index (χ0) is 33.2. The number of carbonyl (C=O) groups excluding carboxylic acids is 3. The van der Waals surface area contributed by atoms with E-state index in [9.17, 15) is 14.4 Å². The average Bonchev–Trinajstić information content (AvgIpc) is 3.05. The van der Waals surface area contributed by atoms with Crippen molar-refractivity contribution in [1.29, 1.82) is 0 Å². The van der Waals surface area contributed by atoms with Gasteiger partial charge in [-0.1, -0.05) is 67.4 Å². The molecule has 46 heavy (non-hydrogen) atoms. The summed E-state index contributed by atoms with van der Waals surface area (Å²) in [5.41, 5.74) is 3.50. The fourth-order valence-corrected chi connectivity index (χ4v) is 5.93. The van der Waals surface area contributed by atoms with Crippen LogP contribution in [0, 0.1) is 0 Å². The van der Waals surface area contributed by atoms with Gasteiger partial charge in [0.25, 0.3) is 11.8 Å². The van der Waals surface area contributed by atoms with Crippen molar-refractivity contribution < 1.29 is 19.1 Å². The molecule has 0 aromatic heterocycles. The number of piperazine rings is 1. The highest BCUT2D eigenvalue weighted by atomic mass is 35.5. The van der Waals surface area contributed by atoms with E-state index in [1.165, 1.54) is 0 Å². The van der Waals surface area contributed by atoms with Gasteiger partial charge in [-0.25, -0.2) is 4.79 Å². The van der Waals surface area contributed by atoms with Gasteiger partial charge in [-0.3, -0.25) is 14.5 Å². The molecule has 3 aromatic rings. The number of nitrogens with one attached hydrogen (secondary N) is 3. The van der Waals surface area contributed by atoms with Crippen LogP contribution in [-0.2, 0) is 16.0 Å². The number of ether oxygens (including phenoxy) is 1. The summed E-state index contributed by atoms with van der Waals surface area (Å²) in [4.78, 5) is 44.6. The van der Waals surface area contributed by atoms with Crippen molar-refractivity contribution in [3.8, 4) is 0 Å². The minimum absolute atomic E-state index is 0.172. The van der Waals surface area contributed by atoms with Crippen LogP contribution >= 0.6 is 23.2 Å². The van der Waals surface area contributed by atoms with Crippen molar-refractivity contribution in [1.82, 2.24) is 15.1 Å². The van der Waals surface area contributed by atoms with Crippen LogP contribution in [0.3, 0.4) is 0 Å². The summed E-state index contributed by atoms with van der Waals surface area (Å²) >= 11 is 12.8. The van der Waals surface area contributed by atoms with Gasteiger partial charge < -0.3 is 25.6 Å². The van der Waals surface area contributed by atoms with Gasteiger partial charge in [-0.15, -0.1) is 0 Å². The summed E-state index contributed by atoms with van der Waals surface area (Å²) in [5.74, 6) is -1.14. The van der Waals surface area contributed by atoms with E-state index in [0.717, 1.165) is 43.7 Å². The Morgan fingerprint density at radius 3 is 2.20 bits per heavy atom. The first-order valence-electron chi connectivity index (χ1n) is 15.6. The van der Waals surface area contributed by atoms with Crippen LogP contribution in [0.1, 0.15) is 58.0 Å². The molecular formula is C35H43Cl2N5O4. The molecule has 2 amide bonds. The van der Waals surface area contributed by atoms with Crippen LogP contribution in [-0.4, -0.2) is 87.1 Å². The molecule has 3 aromatic carbocycles. The number of anilines is 2. The molecule has 2 unspecified atom stereocenters. The Balaban J connectivity index is 1.47. The van der Waals surface area contributed by atoms with Crippen molar-refractivity contribution in [2.45, 2.75) is 38.6 Å². The SMILES string of the molecule is CCC(C)c1cccc(Cl)c1C(=O)Nc1ccc(CC(NC(=O)c2c(Cl)cccc2NC)C(=O)OCCN2CCN(C)CC2)cc1. The molecule has 246 valence electrons. The first-order chi connectivity index (χ1) is 22.1. The molecule has 0 saturated carbocycles. The fraction of sp³-hybridized carbons (Fsp3) is 0.400. The van der Waals surface area contributed by atoms with Crippen molar-refractivity contribution in [2.24, 2.45) is 0 Å². The van der Waals surface area contributed by atoms with Crippen LogP contribution in [0.15, 0.2) is 60.7 Å². The van der Waals surface area contributed by atoms with Gasteiger partial charge in [-0.2, -0.15) is 0 Å². The van der Waals surface area contributed by atoms with Crippen LogP contribution in [0.4, 0.5) is 11.4 Å². The number of amides is 2. The zero-order valence-electron chi connectivity index (χ0n) is 26.9. The third-order valence-corrected chi connectivity index (χ3v) is 9.05. The molecule has 0 radical (unpaired) electrons. The minimum Gasteiger partial charge on any atom is -0.463 e. The number of esters is 1. The zero-order valence-corrected chi connectivity index (χ0v) is 28.4. The quantitative estimate of drug-likeness (QED) is 0.194. The average molecular weight is 669 g/mol. The molecule has 3 N–H and O–H groups in total. The summed E-state index contributed by atoms with van der Waals surface area (Å²) in [6, 6.07) is 16.8. The van der Waals surface area contributed by atoms with Crippen LogP contribution in [0.2, 0.25) is 10.0 Å². The van der Waals surface area contributed by atoms with Crippen LogP contribution < -0.4 is 16.0 Å². The lowest BCUT2D eigenvalue weighted by molar-refractivity contribution is -0.146. The fourth-order valence-electron chi connectivity index (χ4n) is 5.40. The smallest absolute Gasteiger partial charge is 0.329 e. The van der Waals surface area contributed by atoms with Gasteiger partial charge >= 0.3 is 5.97 Å². The van der Waals surface area contributed by atoms with E-state index in [4.69, 9.17) is 27.9 Å². The molecule has 1 heterocycles. The number of benzene rings is 3. The molecule has 1 aliphatic rings. The van der Waals surface area contributed by atoms with E-state index < -0.39 is 17.9 Å². The maximum Gasteiger partial charge on any atom is 0.329 e. The van der Waals surface area contributed by atoms with Crippen LogP contribution in [0.5, 0.6) is 0 Å². The predicted octanol–water partition coefficient (Wildman–Crippen LogP) is 5.93. The molecule has 1 aliphatic heterocycles. The molecular weight excluding hydrogens is 625 g/mol. The Kier molecular flexibility index (Phi) is 12.9. The highest BCUT2D eigenvalue weighted by Crippen LogP contribution is 2.29. The van der Waals surface area contributed by atoms with E-state index in [1.54, 1.807) is 43.4 Å². The third kappa shape index (κ3) is 9.22. The lowest BCUT2D eigenvalue weighted by atomic mass is 9.93. The number of rotatable bonds is 13. The van der Waals surface area contributed by atoms with Gasteiger partial charge in [0.05, 0.1) is 21.2 Å². The standard InChI is InChI=1S/C35H43Cl2N5O4/c1-5-23(2)26-8-6-9-27(36)31(26)33(43)39-25-14-12-24(13-15-25)22-30(35(45)46-21-20-42-18-16-41(4)17-19-42)40-34(44)32-28(37)10-7-11-29(32)38-3/h6-15,23,30,38H,5,16-22H2,1-4H3,(H,39,43)(H,40,44). The van der Waals surface area contributed by atoms with Gasteiger partial charge in [-0.05, 0) is 60.8 Å². The van der Waals surface area contributed by atoms with E-state index >= 15 is 0 Å². The number of halogens is 2. The van der Waals surface area contributed by atoms with Gasteiger partial charge in [0.1, 0.15) is 12.6 Å². The third-order valence-electron chi connectivity index (χ3n) is 8.42. The topological polar surface area (TPSA) is 103 Å². The molecule has 4 rings (SSSR count). The second-order valence-corrected chi connectivity index (χ2v) is 12.4. The monoisotopic (exact) mass is 667 g/mol. The Morgan fingerprint density at radius 1 is 0.891 bits per heavy atom. The van der Waals surface area contributed by atoms with Gasteiger partial charge in [0, 0.05) is 57.6 Å². The second kappa shape index (κ2) is 16.8. The molecule has 2 atom stereocenters. The normalized spacial score (nSPS) is 15.1. The lowest BCUT2D eigenvalue weighted by Gasteiger charge is -2.32. The number of carbonyl (C=O) groups is 3. The highest BCUT2D eigenvalue weighted by Gasteiger charge is 2.26. The first-order valence-corrected chi connectivity index (χ1v) is 16.4. The minimum atomic E-state index is -0.970. The number of hydrogen-bond donors (Lipinski definition) is 3. The van der Waals surface area contributed by atoms with Crippen molar-refractivity contribution in [3.63, 3.8) is 0 Å². The summed E-state index contributed by atoms with van der Waals surface area (Å²) in [7, 11) is 3.79. The van der Waals surface area contributed by atoms with Gasteiger partial charge in [0.2, 0.25) is 0 Å². The first kappa shape index (κ1) is 35.2. The molecule has 9 nitrogen and oxygen atoms in total. The Bertz CT molecular complexity index is 1510. The van der Waals surface area contributed by atoms with Crippen LogP contribution in [0.25, 0.3) is 0 Å². The van der Waals surface area contributed by atoms with E-state index in [1.807, 2.05) is 24.3 Å². The number of likely N-dealkylation sites (N-methyl/N-ethyl adjacent to an activating group) is 1. The Morgan fingerprint density at radius 2 is 1.54 bits per heavy atom. The molecule has 0 aliphatic carbocycles. The number of hydrogen-bond acceptors (Lipinski definition) is 7. The predicted molar refractivity (Wildman–Crippen MR) is 185 cm³/mol. The summed E-state index contributed by atoms with van der Waals surface area (Å²) in [6.45, 7) is 8.71. The van der Waals surface area contributed by atoms with Gasteiger partial charge in [0.15, 0.2) is 0 Å². The molecule has 11 heteroatoms. The largest absolute Gasteiger partial charge is 0.463 e.